The van der Waals surface area contributed by atoms with Crippen LogP contribution in [0.4, 0.5) is 5.82 Å². The summed E-state index contributed by atoms with van der Waals surface area (Å²) in [6, 6.07) is 8.51. The van der Waals surface area contributed by atoms with Crippen LogP contribution in [0, 0.1) is 13.8 Å². The normalized spacial score (nSPS) is 10.5. The van der Waals surface area contributed by atoms with Crippen molar-refractivity contribution >= 4 is 17.6 Å². The van der Waals surface area contributed by atoms with E-state index >= 15 is 0 Å². The second-order valence-corrected chi connectivity index (χ2v) is 5.50. The zero-order valence-corrected chi connectivity index (χ0v) is 12.6. The Morgan fingerprint density at radius 2 is 1.79 bits per heavy atom. The van der Waals surface area contributed by atoms with Gasteiger partial charge < -0.3 is 5.32 Å². The average molecular weight is 273 g/mol. The number of aryl methyl sites for hydroxylation is 2. The minimum absolute atomic E-state index is 0.844. The number of rotatable bonds is 4. The van der Waals surface area contributed by atoms with Gasteiger partial charge in [0.05, 0.1) is 0 Å². The third kappa shape index (κ3) is 3.26. The Labute approximate surface area is 118 Å². The Kier molecular flexibility index (Phi) is 4.43. The summed E-state index contributed by atoms with van der Waals surface area (Å²) < 4.78 is 0. The molecule has 19 heavy (non-hydrogen) atoms. The van der Waals surface area contributed by atoms with E-state index in [1.54, 1.807) is 11.8 Å². The molecular weight excluding hydrogens is 254 g/mol. The van der Waals surface area contributed by atoms with Gasteiger partial charge in [0.1, 0.15) is 16.7 Å². The van der Waals surface area contributed by atoms with Crippen LogP contribution in [0.15, 0.2) is 34.2 Å². The van der Waals surface area contributed by atoms with Gasteiger partial charge in [0, 0.05) is 23.9 Å². The zero-order chi connectivity index (χ0) is 13.8. The topological polar surface area (TPSA) is 37.8 Å². The highest BCUT2D eigenvalue weighted by molar-refractivity contribution is 7.99. The number of nitrogens with zero attached hydrogens (tertiary/aromatic N) is 2. The van der Waals surface area contributed by atoms with E-state index in [0.717, 1.165) is 28.7 Å². The first-order valence-electron chi connectivity index (χ1n) is 6.43. The van der Waals surface area contributed by atoms with Gasteiger partial charge in [-0.1, -0.05) is 36.4 Å². The van der Waals surface area contributed by atoms with Crippen molar-refractivity contribution in [1.29, 1.82) is 0 Å². The molecule has 4 heteroatoms. The summed E-state index contributed by atoms with van der Waals surface area (Å²) in [7, 11) is 1.90. The molecule has 0 fully saturated rings. The molecule has 2 rings (SSSR count). The largest absolute Gasteiger partial charge is 0.373 e. The van der Waals surface area contributed by atoms with Crippen LogP contribution in [0.3, 0.4) is 0 Å². The molecule has 0 saturated heterocycles. The summed E-state index contributed by atoms with van der Waals surface area (Å²) in [5, 5.41) is 4.17. The van der Waals surface area contributed by atoms with Crippen molar-refractivity contribution in [3.8, 4) is 0 Å². The van der Waals surface area contributed by atoms with Crippen molar-refractivity contribution in [3.63, 3.8) is 0 Å². The van der Waals surface area contributed by atoms with Crippen LogP contribution in [-0.4, -0.2) is 17.0 Å². The van der Waals surface area contributed by atoms with Gasteiger partial charge in [-0.05, 0) is 26.0 Å². The van der Waals surface area contributed by atoms with Crippen LogP contribution in [0.2, 0.25) is 0 Å². The monoisotopic (exact) mass is 273 g/mol. The Bertz CT molecular complexity index is 564. The van der Waals surface area contributed by atoms with E-state index < -0.39 is 0 Å². The third-order valence-electron chi connectivity index (χ3n) is 2.94. The molecule has 0 bridgehead atoms. The molecule has 3 nitrogen and oxygen atoms in total. The summed E-state index contributed by atoms with van der Waals surface area (Å²) in [6.45, 7) is 6.23. The van der Waals surface area contributed by atoms with Gasteiger partial charge in [-0.15, -0.1) is 0 Å². The predicted octanol–water partition coefficient (Wildman–Crippen LogP) is 3.85. The number of anilines is 1. The van der Waals surface area contributed by atoms with Gasteiger partial charge in [-0.25, -0.2) is 9.97 Å². The fourth-order valence-corrected chi connectivity index (χ4v) is 2.66. The van der Waals surface area contributed by atoms with Gasteiger partial charge in [0.2, 0.25) is 0 Å². The molecule has 1 aromatic carbocycles. The van der Waals surface area contributed by atoms with Crippen molar-refractivity contribution in [1.82, 2.24) is 9.97 Å². The molecule has 0 aliphatic rings. The fourth-order valence-electron chi connectivity index (χ4n) is 1.76. The second-order valence-electron chi connectivity index (χ2n) is 4.44. The molecular formula is C15H19N3S. The number of nitrogens with one attached hydrogen (secondary N) is 1. The molecule has 1 N–H and O–H groups in total. The molecule has 2 aromatic rings. The minimum Gasteiger partial charge on any atom is -0.373 e. The lowest BCUT2D eigenvalue weighted by atomic mass is 10.2. The quantitative estimate of drug-likeness (QED) is 0.859. The molecule has 0 atom stereocenters. The van der Waals surface area contributed by atoms with E-state index in [1.807, 2.05) is 7.05 Å². The highest BCUT2D eigenvalue weighted by atomic mass is 32.2. The molecule has 0 saturated carbocycles. The maximum atomic E-state index is 4.63. The van der Waals surface area contributed by atoms with Crippen molar-refractivity contribution in [2.45, 2.75) is 37.1 Å². The van der Waals surface area contributed by atoms with E-state index in [2.05, 4.69) is 60.3 Å². The fraction of sp³-hybridized carbons (Fsp3) is 0.333. The Morgan fingerprint density at radius 3 is 2.37 bits per heavy atom. The van der Waals surface area contributed by atoms with Crippen molar-refractivity contribution in [3.05, 3.63) is 41.2 Å². The molecule has 1 heterocycles. The van der Waals surface area contributed by atoms with Crippen molar-refractivity contribution in [2.24, 2.45) is 0 Å². The van der Waals surface area contributed by atoms with Crippen LogP contribution >= 0.6 is 11.8 Å². The maximum absolute atomic E-state index is 4.63. The highest BCUT2D eigenvalue weighted by Crippen LogP contribution is 2.31. The van der Waals surface area contributed by atoms with Crippen LogP contribution in [-0.2, 0) is 6.42 Å². The smallest absolute Gasteiger partial charge is 0.133 e. The van der Waals surface area contributed by atoms with E-state index in [1.165, 1.54) is 10.5 Å². The zero-order valence-electron chi connectivity index (χ0n) is 11.8. The maximum Gasteiger partial charge on any atom is 0.133 e. The van der Waals surface area contributed by atoms with Crippen LogP contribution in [0.1, 0.15) is 23.9 Å². The molecule has 0 unspecified atom stereocenters. The molecule has 1 aromatic heterocycles. The molecule has 0 spiro atoms. The Balaban J connectivity index is 2.35. The Morgan fingerprint density at radius 1 is 1.11 bits per heavy atom. The van der Waals surface area contributed by atoms with Gasteiger partial charge >= 0.3 is 0 Å². The summed E-state index contributed by atoms with van der Waals surface area (Å²) >= 11 is 1.69. The number of benzene rings is 1. The van der Waals surface area contributed by atoms with E-state index in [4.69, 9.17) is 0 Å². The van der Waals surface area contributed by atoms with Crippen LogP contribution < -0.4 is 5.32 Å². The van der Waals surface area contributed by atoms with Gasteiger partial charge in [0.15, 0.2) is 0 Å². The van der Waals surface area contributed by atoms with Crippen LogP contribution in [0.25, 0.3) is 0 Å². The first kappa shape index (κ1) is 13.9. The van der Waals surface area contributed by atoms with Crippen molar-refractivity contribution < 1.29 is 0 Å². The number of hydrogen-bond donors (Lipinski definition) is 1. The Hall–Kier alpha value is -1.55. The first-order valence-corrected chi connectivity index (χ1v) is 7.25. The molecule has 100 valence electrons. The molecule has 0 amide bonds. The summed E-state index contributed by atoms with van der Waals surface area (Å²) in [5.41, 5.74) is 2.37. The summed E-state index contributed by atoms with van der Waals surface area (Å²) in [5.74, 6) is 1.80. The number of hydrogen-bond acceptors (Lipinski definition) is 4. The molecule has 0 aliphatic heterocycles. The first-order chi connectivity index (χ1) is 9.13. The SMILES string of the molecule is CCc1nc(NC)c(C)c(Sc2ccc(C)cc2)n1. The third-order valence-corrected chi connectivity index (χ3v) is 4.03. The van der Waals surface area contributed by atoms with E-state index in [9.17, 15) is 0 Å². The van der Waals surface area contributed by atoms with Crippen LogP contribution in [0.5, 0.6) is 0 Å². The second kappa shape index (κ2) is 6.06. The lowest BCUT2D eigenvalue weighted by molar-refractivity contribution is 0.874. The van der Waals surface area contributed by atoms with E-state index in [0.29, 0.717) is 0 Å². The number of aromatic nitrogens is 2. The average Bonchev–Trinajstić information content (AvgIpc) is 2.43. The van der Waals surface area contributed by atoms with Gasteiger partial charge in [-0.2, -0.15) is 0 Å². The summed E-state index contributed by atoms with van der Waals surface area (Å²) in [4.78, 5) is 10.3. The van der Waals surface area contributed by atoms with Gasteiger partial charge in [-0.3, -0.25) is 0 Å². The standard InChI is InChI=1S/C15H19N3S/c1-5-13-17-14(16-4)11(3)15(18-13)19-12-8-6-10(2)7-9-12/h6-9H,5H2,1-4H3,(H,16,17,18). The van der Waals surface area contributed by atoms with Crippen molar-refractivity contribution in [2.75, 3.05) is 12.4 Å². The molecule has 0 aliphatic carbocycles. The highest BCUT2D eigenvalue weighted by Gasteiger charge is 2.10. The minimum atomic E-state index is 0.844. The lowest BCUT2D eigenvalue weighted by Gasteiger charge is -2.11. The lowest BCUT2D eigenvalue weighted by Crippen LogP contribution is -2.04. The summed E-state index contributed by atoms with van der Waals surface area (Å²) in [6.07, 6.45) is 0.844. The van der Waals surface area contributed by atoms with Gasteiger partial charge in [0.25, 0.3) is 0 Å². The molecule has 0 radical (unpaired) electrons. The predicted molar refractivity (Wildman–Crippen MR) is 81.0 cm³/mol. The van der Waals surface area contributed by atoms with E-state index in [-0.39, 0.29) is 0 Å².